The van der Waals surface area contributed by atoms with Crippen molar-refractivity contribution in [1.82, 2.24) is 5.39 Å². The third kappa shape index (κ3) is 16.0. The molecule has 0 aliphatic rings. The first-order valence-corrected chi connectivity index (χ1v) is 8.04. The Labute approximate surface area is 127 Å². The molecule has 0 unspecified atom stereocenters. The van der Waals surface area contributed by atoms with Crippen LogP contribution in [0.3, 0.4) is 0 Å². The van der Waals surface area contributed by atoms with Gasteiger partial charge in [0.1, 0.15) is 0 Å². The van der Waals surface area contributed by atoms with E-state index in [-0.39, 0.29) is 8.41 Å². The van der Waals surface area contributed by atoms with E-state index in [1.807, 2.05) is 0 Å². The summed E-state index contributed by atoms with van der Waals surface area (Å²) in [5.41, 5.74) is 0. The summed E-state index contributed by atoms with van der Waals surface area (Å²) in [6.45, 7) is 8.53. The van der Waals surface area contributed by atoms with Gasteiger partial charge in [0, 0.05) is 0 Å². The summed E-state index contributed by atoms with van der Waals surface area (Å²) in [6, 6.07) is 0. The van der Waals surface area contributed by atoms with Gasteiger partial charge in [0.2, 0.25) is 0 Å². The van der Waals surface area contributed by atoms with Crippen LogP contribution in [0.1, 0.15) is 78.6 Å². The summed E-state index contributed by atoms with van der Waals surface area (Å²) in [4.78, 5) is 16.5. The fourth-order valence-corrected chi connectivity index (χ4v) is 1.59. The summed E-state index contributed by atoms with van der Waals surface area (Å²) in [5, 5.41) is 1.24. The second-order valence-electron chi connectivity index (χ2n) is 4.84. The first-order chi connectivity index (χ1) is 9.35. The van der Waals surface area contributed by atoms with Crippen LogP contribution in [0, 0.1) is 0 Å². The highest BCUT2D eigenvalue weighted by molar-refractivity contribution is 5.75. The molecule has 4 nitrogen and oxygen atoms in total. The molecule has 0 bridgehead atoms. The molecule has 0 spiro atoms. The standard InChI is InChI=1S/C15H33NO3.BH3/c1-4-7-10-13-17-16(18-14-11-8-5-2)19-15-12-9-6-3;/h4-15H2,1-3H3;1H3. The largest absolute Gasteiger partial charge is 0.251 e. The molecule has 0 rings (SSSR count). The Morgan fingerprint density at radius 3 is 1.10 bits per heavy atom. The van der Waals surface area contributed by atoms with Crippen LogP contribution in [0.25, 0.3) is 0 Å². The van der Waals surface area contributed by atoms with Crippen LogP contribution in [0.2, 0.25) is 0 Å². The molecule has 20 heavy (non-hydrogen) atoms. The average Bonchev–Trinajstić information content (AvgIpc) is 2.43. The van der Waals surface area contributed by atoms with Gasteiger partial charge < -0.3 is 0 Å². The lowest BCUT2D eigenvalue weighted by Crippen LogP contribution is -2.26. The summed E-state index contributed by atoms with van der Waals surface area (Å²) < 4.78 is 0. The predicted octanol–water partition coefficient (Wildman–Crippen LogP) is 3.47. The van der Waals surface area contributed by atoms with Crippen molar-refractivity contribution in [3.8, 4) is 0 Å². The van der Waals surface area contributed by atoms with Gasteiger partial charge in [-0.2, -0.15) is 0 Å². The van der Waals surface area contributed by atoms with E-state index in [4.69, 9.17) is 14.5 Å². The summed E-state index contributed by atoms with van der Waals surface area (Å²) >= 11 is 0. The van der Waals surface area contributed by atoms with Gasteiger partial charge in [-0.05, 0) is 19.3 Å². The molecule has 122 valence electrons. The van der Waals surface area contributed by atoms with Crippen LogP contribution in [0.15, 0.2) is 0 Å². The van der Waals surface area contributed by atoms with Crippen LogP contribution in [0.5, 0.6) is 0 Å². The molecule has 0 aromatic carbocycles. The molecule has 0 aliphatic carbocycles. The molecule has 0 amide bonds. The minimum Gasteiger partial charge on any atom is -0.251 e. The molecular formula is C15H36BNO3. The molecule has 0 saturated heterocycles. The topological polar surface area (TPSA) is 30.9 Å². The molecule has 5 heteroatoms. The van der Waals surface area contributed by atoms with Gasteiger partial charge in [-0.15, -0.1) is 0 Å². The Kier molecular flexibility index (Phi) is 21.0. The zero-order valence-corrected chi connectivity index (χ0v) is 13.2. The summed E-state index contributed by atoms with van der Waals surface area (Å²) in [5.74, 6) is 0. The van der Waals surface area contributed by atoms with Gasteiger partial charge in [-0.3, -0.25) is 14.5 Å². The van der Waals surface area contributed by atoms with E-state index >= 15 is 0 Å². The van der Waals surface area contributed by atoms with Crippen molar-refractivity contribution in [2.45, 2.75) is 78.6 Å². The Morgan fingerprint density at radius 2 is 0.850 bits per heavy atom. The van der Waals surface area contributed by atoms with Crippen molar-refractivity contribution in [2.24, 2.45) is 0 Å². The lowest BCUT2D eigenvalue weighted by Gasteiger charge is -2.19. The Balaban J connectivity index is 0. The van der Waals surface area contributed by atoms with Gasteiger partial charge in [-0.25, -0.2) is 0 Å². The van der Waals surface area contributed by atoms with E-state index in [2.05, 4.69) is 20.8 Å². The van der Waals surface area contributed by atoms with E-state index in [1.165, 1.54) is 43.9 Å². The minimum absolute atomic E-state index is 0. The van der Waals surface area contributed by atoms with E-state index in [9.17, 15) is 0 Å². The minimum atomic E-state index is 0. The van der Waals surface area contributed by atoms with Gasteiger partial charge in [0.25, 0.3) is 0 Å². The zero-order chi connectivity index (χ0) is 14.2. The quantitative estimate of drug-likeness (QED) is 0.262. The highest BCUT2D eigenvalue weighted by atomic mass is 17.2. The molecule has 0 aromatic rings. The average molecular weight is 289 g/mol. The van der Waals surface area contributed by atoms with Crippen LogP contribution in [0.4, 0.5) is 0 Å². The second kappa shape index (κ2) is 18.9. The number of hydrogen-bond acceptors (Lipinski definition) is 4. The summed E-state index contributed by atoms with van der Waals surface area (Å²) in [7, 11) is 0. The van der Waals surface area contributed by atoms with Gasteiger partial charge in [-0.1, -0.05) is 59.3 Å². The summed E-state index contributed by atoms with van der Waals surface area (Å²) in [6.07, 6.45) is 10.3. The highest BCUT2D eigenvalue weighted by Crippen LogP contribution is 2.04. The predicted molar refractivity (Wildman–Crippen MR) is 88.2 cm³/mol. The molecule has 0 N–H and O–H groups in total. The Morgan fingerprint density at radius 1 is 0.550 bits per heavy atom. The van der Waals surface area contributed by atoms with Crippen molar-refractivity contribution in [1.29, 1.82) is 0 Å². The molecule has 0 atom stereocenters. The van der Waals surface area contributed by atoms with Crippen molar-refractivity contribution in [3.63, 3.8) is 0 Å². The zero-order valence-electron chi connectivity index (χ0n) is 13.2. The SMILES string of the molecule is B.CCCCCON(OCCCCC)OCCCCC. The number of hydrogen-bond donors (Lipinski definition) is 0. The fraction of sp³-hybridized carbons (Fsp3) is 1.00. The van der Waals surface area contributed by atoms with Gasteiger partial charge >= 0.3 is 0 Å². The third-order valence-electron chi connectivity index (χ3n) is 2.83. The first kappa shape index (κ1) is 22.2. The van der Waals surface area contributed by atoms with Crippen molar-refractivity contribution in [3.05, 3.63) is 0 Å². The van der Waals surface area contributed by atoms with Crippen LogP contribution in [-0.2, 0) is 14.5 Å². The number of nitrogens with zero attached hydrogens (tertiary/aromatic N) is 1. The van der Waals surface area contributed by atoms with Gasteiger partial charge in [0.15, 0.2) is 0 Å². The van der Waals surface area contributed by atoms with E-state index in [0.29, 0.717) is 19.8 Å². The lowest BCUT2D eigenvalue weighted by molar-refractivity contribution is -0.526. The number of rotatable bonds is 15. The van der Waals surface area contributed by atoms with Crippen molar-refractivity contribution < 1.29 is 14.5 Å². The van der Waals surface area contributed by atoms with E-state index in [1.54, 1.807) is 0 Å². The second-order valence-corrected chi connectivity index (χ2v) is 4.84. The molecule has 0 saturated carbocycles. The van der Waals surface area contributed by atoms with Crippen LogP contribution in [-0.4, -0.2) is 33.6 Å². The van der Waals surface area contributed by atoms with Gasteiger partial charge in [0.05, 0.1) is 33.6 Å². The molecule has 0 fully saturated rings. The number of unbranched alkanes of at least 4 members (excludes halogenated alkanes) is 6. The van der Waals surface area contributed by atoms with Crippen LogP contribution >= 0.6 is 0 Å². The normalized spacial score (nSPS) is 10.8. The Bertz CT molecular complexity index is 145. The smallest absolute Gasteiger partial charge is 0.0814 e. The molecule has 0 heterocycles. The molecule has 0 aromatic heterocycles. The monoisotopic (exact) mass is 289 g/mol. The van der Waals surface area contributed by atoms with Crippen molar-refractivity contribution in [2.75, 3.05) is 19.8 Å². The highest BCUT2D eigenvalue weighted by Gasteiger charge is 2.06. The fourth-order valence-electron chi connectivity index (χ4n) is 1.59. The van der Waals surface area contributed by atoms with E-state index < -0.39 is 0 Å². The Hall–Kier alpha value is -0.0951. The van der Waals surface area contributed by atoms with Crippen molar-refractivity contribution >= 4 is 8.41 Å². The maximum absolute atomic E-state index is 5.49. The van der Waals surface area contributed by atoms with E-state index in [0.717, 1.165) is 19.3 Å². The third-order valence-corrected chi connectivity index (χ3v) is 2.83. The first-order valence-electron chi connectivity index (χ1n) is 8.04. The molecule has 0 aliphatic heterocycles. The van der Waals surface area contributed by atoms with Crippen LogP contribution < -0.4 is 0 Å². The maximum Gasteiger partial charge on any atom is 0.0814 e. The maximum atomic E-state index is 5.49. The lowest BCUT2D eigenvalue weighted by atomic mass is 10.3. The molecular weight excluding hydrogens is 253 g/mol. The molecule has 0 radical (unpaired) electrons.